The van der Waals surface area contributed by atoms with Gasteiger partial charge in [-0.05, 0) is 43.4 Å². The summed E-state index contributed by atoms with van der Waals surface area (Å²) in [5, 5.41) is 10.6. The van der Waals surface area contributed by atoms with Crippen LogP contribution in [0.1, 0.15) is 382 Å². The molecule has 0 aromatic rings. The van der Waals surface area contributed by atoms with Crippen LogP contribution in [0.15, 0.2) is 0 Å². The van der Waals surface area contributed by atoms with Crippen molar-refractivity contribution in [3.63, 3.8) is 0 Å². The van der Waals surface area contributed by atoms with Crippen LogP contribution in [-0.4, -0.2) is 96.7 Å². The Hall–Kier alpha value is -1.94. The number of hydrogen-bond acceptors (Lipinski definition) is 15. The molecule has 94 heavy (non-hydrogen) atoms. The van der Waals surface area contributed by atoms with Crippen LogP contribution >= 0.6 is 15.6 Å². The molecule has 0 aliphatic heterocycles. The number of rotatable bonds is 73. The number of carbonyl (C=O) groups excluding carboxylic acids is 4. The molecule has 0 aromatic heterocycles. The molecule has 4 unspecified atom stereocenters. The van der Waals surface area contributed by atoms with Crippen molar-refractivity contribution >= 4 is 39.5 Å². The average Bonchev–Trinajstić information content (AvgIpc) is 1.49. The van der Waals surface area contributed by atoms with Crippen LogP contribution in [0.5, 0.6) is 0 Å². The van der Waals surface area contributed by atoms with E-state index in [-0.39, 0.29) is 25.7 Å². The molecule has 0 bridgehead atoms. The van der Waals surface area contributed by atoms with Gasteiger partial charge in [-0.3, -0.25) is 37.3 Å². The highest BCUT2D eigenvalue weighted by atomic mass is 31.2. The SMILES string of the molecule is CCCCCCCCCCCCCCC(=O)O[C@H](COC(=O)CCCCCCCCC(C)CC)COP(=O)(O)OC[C@H](O)COP(=O)(O)OC[C@@H](COC(=O)CCCCCCCCCCCCCC(C)C)OC(=O)CCCCCCCCCCCCCCCCC(C)CC. The maximum absolute atomic E-state index is 13.1. The number of phosphoric acid groups is 2. The zero-order chi connectivity index (χ0) is 69.4. The Morgan fingerprint density at radius 1 is 0.309 bits per heavy atom. The summed E-state index contributed by atoms with van der Waals surface area (Å²) in [6.07, 6.45) is 51.2. The van der Waals surface area contributed by atoms with Gasteiger partial charge in [0.1, 0.15) is 19.3 Å². The molecule has 0 radical (unpaired) electrons. The molecule has 0 fully saturated rings. The molecule has 0 amide bonds. The summed E-state index contributed by atoms with van der Waals surface area (Å²) >= 11 is 0. The lowest BCUT2D eigenvalue weighted by Crippen LogP contribution is -2.30. The van der Waals surface area contributed by atoms with Crippen molar-refractivity contribution in [3.8, 4) is 0 Å². The molecule has 558 valence electrons. The lowest BCUT2D eigenvalue weighted by Gasteiger charge is -2.21. The van der Waals surface area contributed by atoms with Gasteiger partial charge in [-0.15, -0.1) is 0 Å². The van der Waals surface area contributed by atoms with E-state index in [0.717, 1.165) is 114 Å². The number of carbonyl (C=O) groups is 4. The third-order valence-corrected chi connectivity index (χ3v) is 20.0. The predicted octanol–water partition coefficient (Wildman–Crippen LogP) is 21.8. The predicted molar refractivity (Wildman–Crippen MR) is 381 cm³/mol. The van der Waals surface area contributed by atoms with Gasteiger partial charge in [0.15, 0.2) is 12.2 Å². The van der Waals surface area contributed by atoms with Gasteiger partial charge in [0, 0.05) is 25.7 Å². The summed E-state index contributed by atoms with van der Waals surface area (Å²) in [7, 11) is -9.91. The quantitative estimate of drug-likeness (QED) is 0.0222. The van der Waals surface area contributed by atoms with Gasteiger partial charge in [-0.25, -0.2) is 9.13 Å². The van der Waals surface area contributed by atoms with Crippen LogP contribution in [0, 0.1) is 17.8 Å². The molecule has 0 heterocycles. The van der Waals surface area contributed by atoms with Gasteiger partial charge in [-0.1, -0.05) is 331 Å². The maximum atomic E-state index is 13.1. The fraction of sp³-hybridized carbons (Fsp3) is 0.947. The smallest absolute Gasteiger partial charge is 0.462 e. The second-order valence-electron chi connectivity index (χ2n) is 28.0. The summed E-state index contributed by atoms with van der Waals surface area (Å²) in [4.78, 5) is 72.8. The number of hydrogen-bond donors (Lipinski definition) is 3. The van der Waals surface area contributed by atoms with Crippen molar-refractivity contribution in [1.82, 2.24) is 0 Å². The summed E-state index contributed by atoms with van der Waals surface area (Å²) in [5.74, 6) is 0.229. The number of unbranched alkanes of at least 4 members (excludes halogenated alkanes) is 39. The summed E-state index contributed by atoms with van der Waals surface area (Å²) in [6, 6.07) is 0. The molecule has 17 nitrogen and oxygen atoms in total. The fourth-order valence-electron chi connectivity index (χ4n) is 11.4. The normalized spacial score (nSPS) is 14.7. The Bertz CT molecular complexity index is 1840. The van der Waals surface area contributed by atoms with Gasteiger partial charge in [0.2, 0.25) is 0 Å². The Balaban J connectivity index is 5.25. The van der Waals surface area contributed by atoms with Gasteiger partial charge in [0.05, 0.1) is 26.4 Å². The molecule has 3 N–H and O–H groups in total. The summed E-state index contributed by atoms with van der Waals surface area (Å²) < 4.78 is 68.5. The zero-order valence-electron chi connectivity index (χ0n) is 61.4. The number of aliphatic hydroxyl groups is 1. The van der Waals surface area contributed by atoms with E-state index in [0.29, 0.717) is 25.7 Å². The van der Waals surface area contributed by atoms with Crippen molar-refractivity contribution in [2.24, 2.45) is 17.8 Å². The topological polar surface area (TPSA) is 237 Å². The van der Waals surface area contributed by atoms with Gasteiger partial charge in [-0.2, -0.15) is 0 Å². The lowest BCUT2D eigenvalue weighted by molar-refractivity contribution is -0.161. The lowest BCUT2D eigenvalue weighted by atomic mass is 9.99. The van der Waals surface area contributed by atoms with E-state index < -0.39 is 97.5 Å². The molecule has 0 saturated carbocycles. The largest absolute Gasteiger partial charge is 0.472 e. The van der Waals surface area contributed by atoms with E-state index in [1.165, 1.54) is 186 Å². The van der Waals surface area contributed by atoms with E-state index >= 15 is 0 Å². The Morgan fingerprint density at radius 3 is 0.809 bits per heavy atom. The first kappa shape index (κ1) is 92.1. The third-order valence-electron chi connectivity index (χ3n) is 18.1. The van der Waals surface area contributed by atoms with Crippen LogP contribution < -0.4 is 0 Å². The Kier molecular flexibility index (Phi) is 64.3. The van der Waals surface area contributed by atoms with Crippen molar-refractivity contribution in [1.29, 1.82) is 0 Å². The Labute approximate surface area is 575 Å². The van der Waals surface area contributed by atoms with Gasteiger partial charge < -0.3 is 33.8 Å². The minimum atomic E-state index is -4.96. The van der Waals surface area contributed by atoms with Crippen LogP contribution in [0.3, 0.4) is 0 Å². The van der Waals surface area contributed by atoms with Crippen molar-refractivity contribution in [2.45, 2.75) is 401 Å². The van der Waals surface area contributed by atoms with Crippen LogP contribution in [0.4, 0.5) is 0 Å². The summed E-state index contributed by atoms with van der Waals surface area (Å²) in [6.45, 7) is 11.9. The van der Waals surface area contributed by atoms with E-state index in [1.807, 2.05) is 0 Å². The molecule has 7 atom stereocenters. The molecule has 0 aliphatic carbocycles. The molecule has 0 rings (SSSR count). The van der Waals surface area contributed by atoms with E-state index in [9.17, 15) is 43.2 Å². The Morgan fingerprint density at radius 2 is 0.543 bits per heavy atom. The van der Waals surface area contributed by atoms with Crippen LogP contribution in [0.25, 0.3) is 0 Å². The molecule has 0 spiro atoms. The molecule has 0 aliphatic rings. The van der Waals surface area contributed by atoms with Crippen molar-refractivity contribution in [3.05, 3.63) is 0 Å². The molecule has 19 heteroatoms. The highest BCUT2D eigenvalue weighted by Gasteiger charge is 2.30. The maximum Gasteiger partial charge on any atom is 0.472 e. The fourth-order valence-corrected chi connectivity index (χ4v) is 12.9. The number of esters is 4. The summed E-state index contributed by atoms with van der Waals surface area (Å²) in [5.41, 5.74) is 0. The highest BCUT2D eigenvalue weighted by molar-refractivity contribution is 7.47. The number of phosphoric ester groups is 2. The minimum Gasteiger partial charge on any atom is -0.462 e. The van der Waals surface area contributed by atoms with Crippen molar-refractivity contribution < 1.29 is 80.2 Å². The first-order chi connectivity index (χ1) is 45.3. The average molecular weight is 1380 g/mol. The molecular formula is C75H146O17P2. The third kappa shape index (κ3) is 66.0. The molecule has 0 saturated heterocycles. The minimum absolute atomic E-state index is 0.106. The highest BCUT2D eigenvalue weighted by Crippen LogP contribution is 2.45. The monoisotopic (exact) mass is 1380 g/mol. The van der Waals surface area contributed by atoms with Crippen LogP contribution in [0.2, 0.25) is 0 Å². The van der Waals surface area contributed by atoms with Gasteiger partial charge in [0.25, 0.3) is 0 Å². The van der Waals surface area contributed by atoms with Crippen LogP contribution in [-0.2, 0) is 65.4 Å². The van der Waals surface area contributed by atoms with E-state index in [1.54, 1.807) is 0 Å². The number of aliphatic hydroxyl groups excluding tert-OH is 1. The van der Waals surface area contributed by atoms with E-state index in [4.69, 9.17) is 37.0 Å². The standard InChI is InChI=1S/C75H146O17P2/c1-8-11-12-13-14-15-16-24-30-35-44-51-58-74(79)92-71(63-86-73(78)57-50-43-38-37-41-48-55-68(7)10-3)65-90-94(83,84)88-61-69(76)60-87-93(81,82)89-64-70(62-85-72(77)56-49-42-34-29-26-21-22-27-32-39-46-53-66(4)5)91-75(80)59-52-45-36-31-25-20-18-17-19-23-28-33-40-47-54-67(6)9-2/h66-71,76H,8-65H2,1-7H3,(H,81,82)(H,83,84)/t67?,68?,69-,70-,71-/m1/s1. The van der Waals surface area contributed by atoms with Crippen molar-refractivity contribution in [2.75, 3.05) is 39.6 Å². The van der Waals surface area contributed by atoms with E-state index in [2.05, 4.69) is 48.5 Å². The molecule has 0 aromatic carbocycles. The molecular weight excluding hydrogens is 1230 g/mol. The zero-order valence-corrected chi connectivity index (χ0v) is 63.2. The first-order valence-corrected chi connectivity index (χ1v) is 41.9. The first-order valence-electron chi connectivity index (χ1n) is 38.9. The van der Waals surface area contributed by atoms with Gasteiger partial charge >= 0.3 is 39.5 Å². The number of ether oxygens (including phenoxy) is 4. The second kappa shape index (κ2) is 65.7. The second-order valence-corrected chi connectivity index (χ2v) is 30.9.